The monoisotopic (exact) mass is 1290 g/mol. The minimum Gasteiger partial charge on any atom is -0.459 e. The van der Waals surface area contributed by atoms with Crippen molar-refractivity contribution in [1.82, 2.24) is 4.57 Å². The minimum atomic E-state index is -0.386. The number of benzene rings is 15. The largest absolute Gasteiger partial charge is 0.459 e. The maximum Gasteiger partial charge on any atom is 0.260 e. The molecule has 0 amide bonds. The van der Waals surface area contributed by atoms with Crippen molar-refractivity contribution in [3.05, 3.63) is 345 Å². The summed E-state index contributed by atoms with van der Waals surface area (Å²) in [7, 11) is 0. The zero-order valence-corrected chi connectivity index (χ0v) is 56.1. The van der Waals surface area contributed by atoms with E-state index in [4.69, 9.17) is 9.47 Å². The SMILES string of the molecule is CC(C)(C)c1cc2c3c(c1)N(c1c(-c4ccccc4)cccc1-c1ccccc1)c1cc4c5c(c1B3c1ccc(-c3ccccc3)cc1N2c1c(-c2ccccc2)cccc1-c1ccccc1)Oc1ccc(-c2ccccc2)cc1B5c1ccc2c(c1O4)c1ccccc1n2-c1ccccc1. The van der Waals surface area contributed by atoms with Gasteiger partial charge in [0.05, 0.1) is 27.8 Å². The van der Waals surface area contributed by atoms with Crippen molar-refractivity contribution in [1.29, 1.82) is 0 Å². The lowest BCUT2D eigenvalue weighted by molar-refractivity contribution is 0.470. The third-order valence-electron chi connectivity index (χ3n) is 21.4. The maximum atomic E-state index is 8.10. The molecule has 5 nitrogen and oxygen atoms in total. The molecule has 0 saturated carbocycles. The summed E-state index contributed by atoms with van der Waals surface area (Å²) >= 11 is 0. The van der Waals surface area contributed by atoms with Crippen LogP contribution in [0.15, 0.2) is 340 Å². The number of aromatic nitrogens is 1. The van der Waals surface area contributed by atoms with Crippen LogP contribution < -0.4 is 52.1 Å². The molecule has 4 aliphatic heterocycles. The van der Waals surface area contributed by atoms with Crippen LogP contribution >= 0.6 is 0 Å². The number of hydrogen-bond acceptors (Lipinski definition) is 4. The van der Waals surface area contributed by atoms with Crippen molar-refractivity contribution in [2.24, 2.45) is 0 Å². The summed E-state index contributed by atoms with van der Waals surface area (Å²) in [6.07, 6.45) is 0. The molecular formula is C94H65B2N3O2. The van der Waals surface area contributed by atoms with E-state index in [-0.39, 0.29) is 18.8 Å². The van der Waals surface area contributed by atoms with Gasteiger partial charge in [-0.3, -0.25) is 0 Å². The van der Waals surface area contributed by atoms with E-state index in [1.165, 1.54) is 16.5 Å². The predicted octanol–water partition coefficient (Wildman–Crippen LogP) is 20.9. The highest BCUT2D eigenvalue weighted by Crippen LogP contribution is 2.56. The highest BCUT2D eigenvalue weighted by molar-refractivity contribution is 7.03. The van der Waals surface area contributed by atoms with Crippen molar-refractivity contribution in [2.75, 3.05) is 9.80 Å². The van der Waals surface area contributed by atoms with Gasteiger partial charge in [-0.1, -0.05) is 306 Å². The second kappa shape index (κ2) is 23.0. The molecule has 0 radical (unpaired) electrons. The van der Waals surface area contributed by atoms with Crippen LogP contribution in [-0.4, -0.2) is 18.0 Å². The number of nitrogens with zero attached hydrogens (tertiary/aromatic N) is 3. The van der Waals surface area contributed by atoms with E-state index in [0.29, 0.717) is 0 Å². The molecule has 474 valence electrons. The second-order valence-corrected chi connectivity index (χ2v) is 28.2. The maximum absolute atomic E-state index is 8.10. The summed E-state index contributed by atoms with van der Waals surface area (Å²) in [6.45, 7) is 6.40. The molecule has 1 aromatic heterocycles. The quantitative estimate of drug-likeness (QED) is 0.135. The third-order valence-corrected chi connectivity index (χ3v) is 21.4. The second-order valence-electron chi connectivity index (χ2n) is 28.2. The van der Waals surface area contributed by atoms with E-state index < -0.39 is 0 Å². The van der Waals surface area contributed by atoms with Crippen LogP contribution in [0.1, 0.15) is 26.3 Å². The van der Waals surface area contributed by atoms with Gasteiger partial charge in [0.1, 0.15) is 23.0 Å². The molecule has 16 aromatic rings. The standard InChI is InChI=1S/C94H65B2N3O2/c1-94(2,3)68-57-81-87-82(58-68)99(91-72(64-37-19-8-20-38-64)46-28-47-73(91)65-39-21-9-22-40-65)83-59-85-89-93(88(83)96(87)75-51-49-67(61-31-13-5-14-32-61)56-80(75)98(81)90-70(62-33-15-6-16-34-62)44-27-45-71(90)63-35-17-7-18-36-63)100-84-54-50-66(60-29-11-4-12-30-60)55-77(84)95(89)76-52-53-79-86(92(76)101-85)74-43-25-26-48-78(74)97(79)69-41-23-10-24-42-69/h4-59H,1-3H3. The van der Waals surface area contributed by atoms with Gasteiger partial charge in [0.2, 0.25) is 0 Å². The van der Waals surface area contributed by atoms with E-state index in [1.807, 2.05) is 0 Å². The molecule has 0 saturated heterocycles. The molecular weight excluding hydrogens is 1220 g/mol. The average Bonchev–Trinajstić information content (AvgIpc) is 0.940. The molecule has 0 bridgehead atoms. The normalized spacial score (nSPS) is 13.0. The number of anilines is 6. The van der Waals surface area contributed by atoms with Gasteiger partial charge in [0, 0.05) is 67.6 Å². The Hall–Kier alpha value is -12.6. The van der Waals surface area contributed by atoms with Crippen LogP contribution in [0.3, 0.4) is 0 Å². The molecule has 5 heterocycles. The molecule has 0 fully saturated rings. The Morgan fingerprint density at radius 1 is 0.287 bits per heavy atom. The molecule has 0 N–H and O–H groups in total. The van der Waals surface area contributed by atoms with Crippen LogP contribution in [0.25, 0.3) is 94.3 Å². The molecule has 0 aliphatic carbocycles. The molecule has 7 heteroatoms. The zero-order valence-electron chi connectivity index (χ0n) is 56.1. The third kappa shape index (κ3) is 9.19. The van der Waals surface area contributed by atoms with Crippen molar-refractivity contribution in [3.8, 4) is 95.4 Å². The van der Waals surface area contributed by atoms with Gasteiger partial charge in [-0.05, 0) is 131 Å². The lowest BCUT2D eigenvalue weighted by Crippen LogP contribution is -2.65. The fourth-order valence-corrected chi connectivity index (χ4v) is 16.9. The fourth-order valence-electron chi connectivity index (χ4n) is 16.9. The van der Waals surface area contributed by atoms with Crippen molar-refractivity contribution in [3.63, 3.8) is 0 Å². The number of ether oxygens (including phenoxy) is 2. The molecule has 0 spiro atoms. The molecule has 0 unspecified atom stereocenters. The molecule has 20 rings (SSSR count). The van der Waals surface area contributed by atoms with E-state index in [2.05, 4.69) is 375 Å². The lowest BCUT2D eigenvalue weighted by Gasteiger charge is -2.48. The minimum absolute atomic E-state index is 0.315. The van der Waals surface area contributed by atoms with E-state index in [1.54, 1.807) is 0 Å². The number of hydrogen-bond donors (Lipinski definition) is 0. The summed E-state index contributed by atoms with van der Waals surface area (Å²) in [5, 5.41) is 2.20. The first-order valence-corrected chi connectivity index (χ1v) is 35.1. The van der Waals surface area contributed by atoms with Crippen molar-refractivity contribution in [2.45, 2.75) is 26.2 Å². The highest BCUT2D eigenvalue weighted by atomic mass is 16.5. The predicted molar refractivity (Wildman–Crippen MR) is 424 cm³/mol. The summed E-state index contributed by atoms with van der Waals surface area (Å²) in [4.78, 5) is 5.29. The first kappa shape index (κ1) is 58.6. The summed E-state index contributed by atoms with van der Waals surface area (Å²) in [6, 6.07) is 125. The topological polar surface area (TPSA) is 29.9 Å². The van der Waals surface area contributed by atoms with Gasteiger partial charge in [-0.25, -0.2) is 0 Å². The van der Waals surface area contributed by atoms with Gasteiger partial charge in [0.25, 0.3) is 13.4 Å². The Kier molecular flexibility index (Phi) is 13.4. The van der Waals surface area contributed by atoms with Crippen LogP contribution in [0.2, 0.25) is 0 Å². The van der Waals surface area contributed by atoms with Gasteiger partial charge in [-0.15, -0.1) is 0 Å². The summed E-state index contributed by atoms with van der Waals surface area (Å²) < 4.78 is 18.6. The Balaban J connectivity index is 0.962. The molecule has 101 heavy (non-hydrogen) atoms. The Morgan fingerprint density at radius 2 is 0.733 bits per heavy atom. The van der Waals surface area contributed by atoms with Crippen molar-refractivity contribution < 1.29 is 9.47 Å². The number of rotatable bonds is 9. The Bertz CT molecular complexity index is 5880. The lowest BCUT2D eigenvalue weighted by atomic mass is 9.30. The Morgan fingerprint density at radius 3 is 1.27 bits per heavy atom. The first-order chi connectivity index (χ1) is 49.8. The molecule has 15 aromatic carbocycles. The van der Waals surface area contributed by atoms with E-state index in [9.17, 15) is 0 Å². The van der Waals surface area contributed by atoms with Gasteiger partial charge in [0.15, 0.2) is 0 Å². The first-order valence-electron chi connectivity index (χ1n) is 35.1. The number of para-hydroxylation sites is 4. The Labute approximate surface area is 589 Å². The van der Waals surface area contributed by atoms with Gasteiger partial charge >= 0.3 is 0 Å². The molecule has 0 atom stereocenters. The summed E-state index contributed by atoms with van der Waals surface area (Å²) in [5.41, 5.74) is 30.7. The smallest absolute Gasteiger partial charge is 0.260 e. The van der Waals surface area contributed by atoms with Crippen LogP contribution in [-0.2, 0) is 5.41 Å². The van der Waals surface area contributed by atoms with Gasteiger partial charge < -0.3 is 23.8 Å². The average molecular weight is 1290 g/mol. The van der Waals surface area contributed by atoms with Gasteiger partial charge in [-0.2, -0.15) is 0 Å². The summed E-state index contributed by atoms with van der Waals surface area (Å²) in [5.74, 6) is 3.24. The van der Waals surface area contributed by atoms with E-state index >= 15 is 0 Å². The highest BCUT2D eigenvalue weighted by Gasteiger charge is 2.52. The van der Waals surface area contributed by atoms with E-state index in [0.717, 1.165) is 173 Å². The van der Waals surface area contributed by atoms with Crippen molar-refractivity contribution >= 4 is 102 Å². The van der Waals surface area contributed by atoms with Crippen LogP contribution in [0.5, 0.6) is 23.0 Å². The molecule has 4 aliphatic rings. The van der Waals surface area contributed by atoms with Crippen LogP contribution in [0, 0.1) is 0 Å². The number of fused-ring (bicyclic) bond motifs is 13. The van der Waals surface area contributed by atoms with Crippen LogP contribution in [0.4, 0.5) is 34.1 Å². The fraction of sp³-hybridized carbons (Fsp3) is 0.0426. The zero-order chi connectivity index (χ0) is 67.0.